The van der Waals surface area contributed by atoms with Gasteiger partial charge >= 0.3 is 0 Å². The average Bonchev–Trinajstić information content (AvgIpc) is 2.77. The highest BCUT2D eigenvalue weighted by molar-refractivity contribution is 6.10. The summed E-state index contributed by atoms with van der Waals surface area (Å²) >= 11 is 0. The first-order chi connectivity index (χ1) is 13.8. The molecule has 4 aromatic rings. The minimum absolute atomic E-state index is 0.472. The van der Waals surface area contributed by atoms with Crippen LogP contribution in [0.3, 0.4) is 0 Å². The quantitative estimate of drug-likeness (QED) is 0.372. The first kappa shape index (κ1) is 17.7. The molecule has 0 spiro atoms. The molecule has 2 N–H and O–H groups in total. The lowest BCUT2D eigenvalue weighted by atomic mass is 10.0. The molecule has 0 saturated carbocycles. The van der Waals surface area contributed by atoms with Crippen molar-refractivity contribution in [1.29, 1.82) is 0 Å². The largest absolute Gasteiger partial charge is 0.383 e. The van der Waals surface area contributed by atoms with E-state index in [9.17, 15) is 0 Å². The van der Waals surface area contributed by atoms with Crippen LogP contribution in [0.15, 0.2) is 107 Å². The minimum atomic E-state index is 0.472. The van der Waals surface area contributed by atoms with E-state index in [1.807, 2.05) is 42.5 Å². The molecule has 3 nitrogen and oxygen atoms in total. The van der Waals surface area contributed by atoms with Crippen molar-refractivity contribution in [3.8, 4) is 11.1 Å². The van der Waals surface area contributed by atoms with Gasteiger partial charge in [-0.15, -0.1) is 0 Å². The van der Waals surface area contributed by atoms with Crippen molar-refractivity contribution in [2.45, 2.75) is 6.54 Å². The lowest BCUT2D eigenvalue weighted by molar-refractivity contribution is 1.07. The van der Waals surface area contributed by atoms with Crippen LogP contribution in [0.4, 0.5) is 0 Å². The van der Waals surface area contributed by atoms with Crippen LogP contribution in [0.5, 0.6) is 0 Å². The molecular weight excluding hydrogens is 342 g/mol. The monoisotopic (exact) mass is 363 g/mol. The topological polar surface area (TPSA) is 50.7 Å². The number of amidine groups is 1. The van der Waals surface area contributed by atoms with Gasteiger partial charge in [-0.05, 0) is 27.5 Å². The standard InChI is InChI=1S/C25H21N3/c26-25(24-12-6-10-22-9-4-5-11-23(22)24)28-18-27-17-19-13-15-21(16-14-19)20-7-2-1-3-8-20/h1-16,18H,17H2,(H2,26,27,28). The average molecular weight is 363 g/mol. The molecule has 0 heterocycles. The number of aliphatic imine (C=N–C) groups is 2. The third-order valence-electron chi connectivity index (χ3n) is 4.68. The van der Waals surface area contributed by atoms with Gasteiger partial charge < -0.3 is 5.73 Å². The van der Waals surface area contributed by atoms with Crippen molar-refractivity contribution >= 4 is 22.9 Å². The van der Waals surface area contributed by atoms with Crippen LogP contribution in [-0.2, 0) is 6.54 Å². The summed E-state index contributed by atoms with van der Waals surface area (Å²) < 4.78 is 0. The molecule has 0 amide bonds. The molecule has 0 aliphatic rings. The zero-order valence-electron chi connectivity index (χ0n) is 15.5. The first-order valence-electron chi connectivity index (χ1n) is 9.25. The molecule has 0 aliphatic carbocycles. The molecule has 0 aromatic heterocycles. The molecule has 0 atom stereocenters. The van der Waals surface area contributed by atoms with Gasteiger partial charge in [0.15, 0.2) is 0 Å². The van der Waals surface area contributed by atoms with Crippen molar-refractivity contribution in [1.82, 2.24) is 0 Å². The number of nitrogens with zero attached hydrogens (tertiary/aromatic N) is 2. The molecule has 4 rings (SSSR count). The Bertz CT molecular complexity index is 1120. The van der Waals surface area contributed by atoms with Crippen LogP contribution in [0.2, 0.25) is 0 Å². The summed E-state index contributed by atoms with van der Waals surface area (Å²) in [5.41, 5.74) is 10.7. The van der Waals surface area contributed by atoms with Crippen molar-refractivity contribution in [3.63, 3.8) is 0 Å². The SMILES string of the molecule is NC(=NC=NCc1ccc(-c2ccccc2)cc1)c1cccc2ccccc12. The van der Waals surface area contributed by atoms with Gasteiger partial charge in [-0.3, -0.25) is 4.99 Å². The van der Waals surface area contributed by atoms with E-state index in [2.05, 4.69) is 64.6 Å². The normalized spacial score (nSPS) is 11.9. The number of hydrogen-bond acceptors (Lipinski definition) is 1. The number of rotatable bonds is 5. The molecule has 0 radical (unpaired) electrons. The summed E-state index contributed by atoms with van der Waals surface area (Å²) in [5, 5.41) is 2.24. The van der Waals surface area contributed by atoms with Gasteiger partial charge in [0.05, 0.1) is 6.54 Å². The second-order valence-corrected chi connectivity index (χ2v) is 6.56. The van der Waals surface area contributed by atoms with Crippen LogP contribution < -0.4 is 5.73 Å². The lowest BCUT2D eigenvalue weighted by Crippen LogP contribution is -2.13. The summed E-state index contributed by atoms with van der Waals surface area (Å²) in [7, 11) is 0. The Morgan fingerprint density at radius 3 is 2.21 bits per heavy atom. The minimum Gasteiger partial charge on any atom is -0.383 e. The molecular formula is C25H21N3. The molecule has 0 bridgehead atoms. The summed E-state index contributed by atoms with van der Waals surface area (Å²) in [5.74, 6) is 0.472. The third kappa shape index (κ3) is 3.99. The van der Waals surface area contributed by atoms with E-state index in [-0.39, 0.29) is 0 Å². The molecule has 0 fully saturated rings. The summed E-state index contributed by atoms with van der Waals surface area (Å²) in [6.07, 6.45) is 1.54. The van der Waals surface area contributed by atoms with Crippen LogP contribution in [0, 0.1) is 0 Å². The van der Waals surface area contributed by atoms with E-state index in [1.165, 1.54) is 11.1 Å². The fourth-order valence-corrected chi connectivity index (χ4v) is 3.20. The van der Waals surface area contributed by atoms with E-state index < -0.39 is 0 Å². The van der Waals surface area contributed by atoms with Crippen molar-refractivity contribution < 1.29 is 0 Å². The fourth-order valence-electron chi connectivity index (χ4n) is 3.20. The molecule has 0 unspecified atom stereocenters. The molecule has 4 aromatic carbocycles. The number of benzene rings is 4. The third-order valence-corrected chi connectivity index (χ3v) is 4.68. The van der Waals surface area contributed by atoms with Gasteiger partial charge in [0.2, 0.25) is 0 Å². The molecule has 0 aliphatic heterocycles. The molecule has 28 heavy (non-hydrogen) atoms. The maximum atomic E-state index is 6.18. The predicted molar refractivity (Wildman–Crippen MR) is 119 cm³/mol. The van der Waals surface area contributed by atoms with E-state index in [0.29, 0.717) is 12.4 Å². The maximum absolute atomic E-state index is 6.18. The highest BCUT2D eigenvalue weighted by Crippen LogP contribution is 2.20. The molecule has 0 saturated heterocycles. The van der Waals surface area contributed by atoms with Crippen molar-refractivity contribution in [3.05, 3.63) is 108 Å². The summed E-state index contributed by atoms with van der Waals surface area (Å²) in [6.45, 7) is 0.571. The Morgan fingerprint density at radius 2 is 1.39 bits per heavy atom. The van der Waals surface area contributed by atoms with Gasteiger partial charge in [0, 0.05) is 5.56 Å². The van der Waals surface area contributed by atoms with Crippen molar-refractivity contribution in [2.75, 3.05) is 0 Å². The summed E-state index contributed by atoms with van der Waals surface area (Å²) in [4.78, 5) is 8.72. The second kappa shape index (κ2) is 8.31. The lowest BCUT2D eigenvalue weighted by Gasteiger charge is -2.05. The van der Waals surface area contributed by atoms with Gasteiger partial charge in [-0.25, -0.2) is 4.99 Å². The molecule has 3 heteroatoms. The number of fused-ring (bicyclic) bond motifs is 1. The van der Waals surface area contributed by atoms with E-state index >= 15 is 0 Å². The Morgan fingerprint density at radius 1 is 0.714 bits per heavy atom. The Hall–Kier alpha value is -3.72. The van der Waals surface area contributed by atoms with Crippen LogP contribution in [0.1, 0.15) is 11.1 Å². The van der Waals surface area contributed by atoms with Gasteiger partial charge in [0.25, 0.3) is 0 Å². The highest BCUT2D eigenvalue weighted by atomic mass is 14.9. The predicted octanol–water partition coefficient (Wildman–Crippen LogP) is 5.44. The van der Waals surface area contributed by atoms with Crippen LogP contribution in [0.25, 0.3) is 21.9 Å². The first-order valence-corrected chi connectivity index (χ1v) is 9.25. The Balaban J connectivity index is 1.44. The smallest absolute Gasteiger partial charge is 0.133 e. The van der Waals surface area contributed by atoms with E-state index in [0.717, 1.165) is 21.9 Å². The Labute approximate surface area is 164 Å². The van der Waals surface area contributed by atoms with Gasteiger partial charge in [-0.2, -0.15) is 0 Å². The van der Waals surface area contributed by atoms with Gasteiger partial charge in [0.1, 0.15) is 12.2 Å². The second-order valence-electron chi connectivity index (χ2n) is 6.56. The fraction of sp³-hybridized carbons (Fsp3) is 0.0400. The van der Waals surface area contributed by atoms with E-state index in [4.69, 9.17) is 5.73 Å². The highest BCUT2D eigenvalue weighted by Gasteiger charge is 2.03. The zero-order chi connectivity index (χ0) is 19.2. The Kier molecular flexibility index (Phi) is 5.25. The van der Waals surface area contributed by atoms with E-state index in [1.54, 1.807) is 6.34 Å². The van der Waals surface area contributed by atoms with Crippen LogP contribution in [-0.4, -0.2) is 12.2 Å². The molecule has 136 valence electrons. The van der Waals surface area contributed by atoms with Crippen LogP contribution >= 0.6 is 0 Å². The van der Waals surface area contributed by atoms with Crippen molar-refractivity contribution in [2.24, 2.45) is 15.7 Å². The van der Waals surface area contributed by atoms with Gasteiger partial charge in [-0.1, -0.05) is 97.1 Å². The maximum Gasteiger partial charge on any atom is 0.133 e. The summed E-state index contributed by atoms with van der Waals surface area (Å²) in [6, 6.07) is 33.0. The number of nitrogens with two attached hydrogens (primary N) is 1. The zero-order valence-corrected chi connectivity index (χ0v) is 15.5. The number of hydrogen-bond donors (Lipinski definition) is 1.